The molecule has 2 rings (SSSR count). The van der Waals surface area contributed by atoms with Crippen molar-refractivity contribution in [3.8, 4) is 0 Å². The highest BCUT2D eigenvalue weighted by molar-refractivity contribution is 5.23. The highest BCUT2D eigenvalue weighted by Gasteiger charge is 2.00. The summed E-state index contributed by atoms with van der Waals surface area (Å²) in [7, 11) is 0. The van der Waals surface area contributed by atoms with Crippen molar-refractivity contribution >= 4 is 0 Å². The molecule has 0 radical (unpaired) electrons. The summed E-state index contributed by atoms with van der Waals surface area (Å²) in [6.45, 7) is 9.55. The maximum Gasteiger partial charge on any atom is 0.0662 e. The second-order valence-corrected chi connectivity index (χ2v) is 5.79. The van der Waals surface area contributed by atoms with E-state index in [1.807, 2.05) is 16.9 Å². The molecule has 0 aliphatic carbocycles. The fourth-order valence-corrected chi connectivity index (χ4v) is 2.17. The van der Waals surface area contributed by atoms with Gasteiger partial charge in [-0.3, -0.25) is 4.68 Å². The van der Waals surface area contributed by atoms with E-state index in [0.29, 0.717) is 0 Å². The minimum Gasteiger partial charge on any atom is -0.316 e. The van der Waals surface area contributed by atoms with Crippen LogP contribution in [0.25, 0.3) is 0 Å². The van der Waals surface area contributed by atoms with Gasteiger partial charge in [-0.05, 0) is 49.5 Å². The standard InChI is InChI=1S/C17H25N3/c1-14(2)12-18-10-9-16-4-6-17(7-5-16)13-20-15(3)8-11-19-20/h4-8,11,14,18H,9-10,12-13H2,1-3H3. The van der Waals surface area contributed by atoms with E-state index in [4.69, 9.17) is 0 Å². The van der Waals surface area contributed by atoms with Gasteiger partial charge in [-0.1, -0.05) is 38.1 Å². The lowest BCUT2D eigenvalue weighted by atomic mass is 10.1. The third kappa shape index (κ3) is 4.49. The van der Waals surface area contributed by atoms with E-state index in [1.165, 1.54) is 16.8 Å². The van der Waals surface area contributed by atoms with Gasteiger partial charge in [-0.2, -0.15) is 5.10 Å². The van der Waals surface area contributed by atoms with E-state index in [-0.39, 0.29) is 0 Å². The summed E-state index contributed by atoms with van der Waals surface area (Å²) in [6, 6.07) is 10.9. The minimum atomic E-state index is 0.717. The molecule has 0 atom stereocenters. The minimum absolute atomic E-state index is 0.717. The first kappa shape index (κ1) is 14.8. The van der Waals surface area contributed by atoms with Gasteiger partial charge in [0.1, 0.15) is 0 Å². The number of aromatic nitrogens is 2. The monoisotopic (exact) mass is 271 g/mol. The molecule has 0 bridgehead atoms. The maximum absolute atomic E-state index is 4.32. The second-order valence-electron chi connectivity index (χ2n) is 5.79. The van der Waals surface area contributed by atoms with E-state index < -0.39 is 0 Å². The van der Waals surface area contributed by atoms with Gasteiger partial charge in [-0.15, -0.1) is 0 Å². The Morgan fingerprint density at radius 1 is 1.10 bits per heavy atom. The van der Waals surface area contributed by atoms with Crippen molar-refractivity contribution < 1.29 is 0 Å². The molecule has 0 aliphatic heterocycles. The van der Waals surface area contributed by atoms with Crippen LogP contribution < -0.4 is 5.32 Å². The highest BCUT2D eigenvalue weighted by atomic mass is 15.3. The molecule has 1 N–H and O–H groups in total. The molecule has 0 aliphatic rings. The largest absolute Gasteiger partial charge is 0.316 e. The second kappa shape index (κ2) is 7.25. The summed E-state index contributed by atoms with van der Waals surface area (Å²) in [5.74, 6) is 0.717. The number of nitrogens with zero attached hydrogens (tertiary/aromatic N) is 2. The maximum atomic E-state index is 4.32. The van der Waals surface area contributed by atoms with Gasteiger partial charge < -0.3 is 5.32 Å². The molecule has 0 unspecified atom stereocenters. The molecule has 0 fully saturated rings. The predicted molar refractivity (Wildman–Crippen MR) is 83.9 cm³/mol. The average Bonchev–Trinajstić information content (AvgIpc) is 2.82. The highest BCUT2D eigenvalue weighted by Crippen LogP contribution is 2.08. The summed E-state index contributed by atoms with van der Waals surface area (Å²) in [6.07, 6.45) is 2.94. The molecule has 20 heavy (non-hydrogen) atoms. The Morgan fingerprint density at radius 3 is 2.40 bits per heavy atom. The van der Waals surface area contributed by atoms with Crippen LogP contribution >= 0.6 is 0 Å². The summed E-state index contributed by atoms with van der Waals surface area (Å²) in [5, 5.41) is 7.79. The van der Waals surface area contributed by atoms with Crippen LogP contribution in [-0.2, 0) is 13.0 Å². The van der Waals surface area contributed by atoms with Gasteiger partial charge in [0, 0.05) is 11.9 Å². The Hall–Kier alpha value is -1.61. The smallest absolute Gasteiger partial charge is 0.0662 e. The number of aryl methyl sites for hydroxylation is 1. The van der Waals surface area contributed by atoms with Crippen molar-refractivity contribution in [1.29, 1.82) is 0 Å². The normalized spacial score (nSPS) is 11.2. The Labute approximate surface area is 122 Å². The Kier molecular flexibility index (Phi) is 5.36. The molecule has 3 heteroatoms. The summed E-state index contributed by atoms with van der Waals surface area (Å²) in [4.78, 5) is 0. The molecule has 0 saturated heterocycles. The average molecular weight is 271 g/mol. The third-order valence-electron chi connectivity index (χ3n) is 3.43. The molecule has 3 nitrogen and oxygen atoms in total. The summed E-state index contributed by atoms with van der Waals surface area (Å²) in [5.41, 5.74) is 3.89. The quantitative estimate of drug-likeness (QED) is 0.785. The van der Waals surface area contributed by atoms with Crippen LogP contribution in [0.2, 0.25) is 0 Å². The van der Waals surface area contributed by atoms with E-state index in [0.717, 1.165) is 32.0 Å². The molecule has 108 valence electrons. The molecule has 0 saturated carbocycles. The number of nitrogens with one attached hydrogen (secondary N) is 1. The van der Waals surface area contributed by atoms with Gasteiger partial charge in [0.05, 0.1) is 6.54 Å². The van der Waals surface area contributed by atoms with Gasteiger partial charge in [0.15, 0.2) is 0 Å². The zero-order valence-electron chi connectivity index (χ0n) is 12.8. The molecule has 1 heterocycles. The SMILES string of the molecule is Cc1ccnn1Cc1ccc(CCNCC(C)C)cc1. The molecule has 1 aromatic heterocycles. The van der Waals surface area contributed by atoms with Gasteiger partial charge in [0.25, 0.3) is 0 Å². The van der Waals surface area contributed by atoms with Crippen molar-refractivity contribution in [2.45, 2.75) is 33.7 Å². The number of rotatable bonds is 7. The summed E-state index contributed by atoms with van der Waals surface area (Å²) < 4.78 is 2.03. The van der Waals surface area contributed by atoms with Crippen LogP contribution in [0.3, 0.4) is 0 Å². The van der Waals surface area contributed by atoms with Crippen molar-refractivity contribution in [3.05, 3.63) is 53.3 Å². The number of hydrogen-bond donors (Lipinski definition) is 1. The molecule has 1 aromatic carbocycles. The molecular weight excluding hydrogens is 246 g/mol. The van der Waals surface area contributed by atoms with E-state index >= 15 is 0 Å². The molecule has 0 spiro atoms. The zero-order valence-corrected chi connectivity index (χ0v) is 12.8. The lowest BCUT2D eigenvalue weighted by molar-refractivity contribution is 0.554. The van der Waals surface area contributed by atoms with Crippen LogP contribution in [0.15, 0.2) is 36.5 Å². The fourth-order valence-electron chi connectivity index (χ4n) is 2.17. The van der Waals surface area contributed by atoms with Crippen molar-refractivity contribution in [2.24, 2.45) is 5.92 Å². The first-order valence-electron chi connectivity index (χ1n) is 7.42. The topological polar surface area (TPSA) is 29.9 Å². The Bertz CT molecular complexity index is 511. The van der Waals surface area contributed by atoms with Crippen LogP contribution in [0.5, 0.6) is 0 Å². The van der Waals surface area contributed by atoms with Crippen LogP contribution in [0.4, 0.5) is 0 Å². The summed E-state index contributed by atoms with van der Waals surface area (Å²) >= 11 is 0. The van der Waals surface area contributed by atoms with Crippen molar-refractivity contribution in [1.82, 2.24) is 15.1 Å². The molecular formula is C17H25N3. The van der Waals surface area contributed by atoms with Gasteiger partial charge in [-0.25, -0.2) is 0 Å². The van der Waals surface area contributed by atoms with Crippen molar-refractivity contribution in [2.75, 3.05) is 13.1 Å². The van der Waals surface area contributed by atoms with E-state index in [2.05, 4.69) is 55.5 Å². The zero-order chi connectivity index (χ0) is 14.4. The fraction of sp³-hybridized carbons (Fsp3) is 0.471. The number of benzene rings is 1. The van der Waals surface area contributed by atoms with Crippen LogP contribution in [0.1, 0.15) is 30.7 Å². The first-order valence-corrected chi connectivity index (χ1v) is 7.42. The Balaban J connectivity index is 1.82. The van der Waals surface area contributed by atoms with Crippen molar-refractivity contribution in [3.63, 3.8) is 0 Å². The lowest BCUT2D eigenvalue weighted by Gasteiger charge is -2.08. The third-order valence-corrected chi connectivity index (χ3v) is 3.43. The van der Waals surface area contributed by atoms with E-state index in [1.54, 1.807) is 0 Å². The molecule has 0 amide bonds. The lowest BCUT2D eigenvalue weighted by Crippen LogP contribution is -2.22. The molecule has 2 aromatic rings. The first-order chi connectivity index (χ1) is 9.65. The van der Waals surface area contributed by atoms with E-state index in [9.17, 15) is 0 Å². The predicted octanol–water partition coefficient (Wildman–Crippen LogP) is 3.03. The Morgan fingerprint density at radius 2 is 1.80 bits per heavy atom. The van der Waals surface area contributed by atoms with Gasteiger partial charge >= 0.3 is 0 Å². The van der Waals surface area contributed by atoms with Crippen LogP contribution in [-0.4, -0.2) is 22.9 Å². The van der Waals surface area contributed by atoms with Crippen LogP contribution in [0, 0.1) is 12.8 Å². The van der Waals surface area contributed by atoms with Gasteiger partial charge in [0.2, 0.25) is 0 Å². The number of hydrogen-bond acceptors (Lipinski definition) is 2.